The molecule has 0 fully saturated rings. The normalized spacial score (nSPS) is 19.5. The third kappa shape index (κ3) is 2.27. The number of hydrogen-bond acceptors (Lipinski definition) is 1. The molecule has 0 radical (unpaired) electrons. The second-order valence-corrected chi connectivity index (χ2v) is 6.12. The molecule has 1 aliphatic carbocycles. The molecule has 3 heteroatoms. The summed E-state index contributed by atoms with van der Waals surface area (Å²) in [7, 11) is 0. The molecule has 2 amide bonds. The quantitative estimate of drug-likeness (QED) is 0.851. The Labute approximate surface area is 131 Å². The fraction of sp³-hybridized carbons (Fsp3) is 0.316. The third-order valence-electron chi connectivity index (χ3n) is 4.80. The summed E-state index contributed by atoms with van der Waals surface area (Å²) >= 11 is 0. The van der Waals surface area contributed by atoms with E-state index in [0.717, 1.165) is 37.9 Å². The first-order chi connectivity index (χ1) is 10.8. The van der Waals surface area contributed by atoms with Gasteiger partial charge in [-0.05, 0) is 48.4 Å². The molecule has 2 aromatic carbocycles. The van der Waals surface area contributed by atoms with Gasteiger partial charge in [0.1, 0.15) is 0 Å². The van der Waals surface area contributed by atoms with Crippen LogP contribution in [0.1, 0.15) is 35.6 Å². The first-order valence-electron chi connectivity index (χ1n) is 8.06. The number of carbonyl (C=O) groups is 1. The molecule has 0 bridgehead atoms. The molecule has 4 rings (SSSR count). The smallest absolute Gasteiger partial charge is 0.322 e. The van der Waals surface area contributed by atoms with E-state index in [9.17, 15) is 4.79 Å². The zero-order valence-corrected chi connectivity index (χ0v) is 12.6. The van der Waals surface area contributed by atoms with Crippen molar-refractivity contribution in [3.05, 3.63) is 65.2 Å². The molecule has 1 heterocycles. The van der Waals surface area contributed by atoms with Crippen molar-refractivity contribution in [3.63, 3.8) is 0 Å². The van der Waals surface area contributed by atoms with E-state index < -0.39 is 0 Å². The minimum atomic E-state index is 0.0339. The van der Waals surface area contributed by atoms with Crippen molar-refractivity contribution in [2.45, 2.75) is 31.7 Å². The molecule has 3 nitrogen and oxygen atoms in total. The zero-order valence-electron chi connectivity index (χ0n) is 12.6. The molecule has 0 saturated carbocycles. The zero-order chi connectivity index (χ0) is 14.9. The maximum atomic E-state index is 12.7. The first kappa shape index (κ1) is 13.4. The molecule has 22 heavy (non-hydrogen) atoms. The Bertz CT molecular complexity index is 710. The molecule has 2 aliphatic rings. The minimum Gasteiger partial charge on any atom is -0.331 e. The maximum Gasteiger partial charge on any atom is 0.322 e. The number of para-hydroxylation sites is 1. The molecule has 0 saturated heterocycles. The van der Waals surface area contributed by atoms with Crippen molar-refractivity contribution in [2.24, 2.45) is 0 Å². The van der Waals surface area contributed by atoms with Gasteiger partial charge in [0.15, 0.2) is 0 Å². The van der Waals surface area contributed by atoms with E-state index in [0.29, 0.717) is 0 Å². The highest BCUT2D eigenvalue weighted by atomic mass is 16.2. The maximum absolute atomic E-state index is 12.7. The van der Waals surface area contributed by atoms with E-state index in [1.165, 1.54) is 16.7 Å². The summed E-state index contributed by atoms with van der Waals surface area (Å²) in [6.45, 7) is 0.777. The van der Waals surface area contributed by atoms with Gasteiger partial charge < -0.3 is 5.32 Å². The number of fused-ring (bicyclic) bond motifs is 2. The van der Waals surface area contributed by atoms with Crippen LogP contribution in [-0.4, -0.2) is 12.6 Å². The van der Waals surface area contributed by atoms with E-state index in [4.69, 9.17) is 0 Å². The van der Waals surface area contributed by atoms with Crippen molar-refractivity contribution in [3.8, 4) is 0 Å². The Balaban J connectivity index is 1.54. The van der Waals surface area contributed by atoms with E-state index in [1.54, 1.807) is 0 Å². The summed E-state index contributed by atoms with van der Waals surface area (Å²) in [6.07, 6.45) is 4.23. The fourth-order valence-electron chi connectivity index (χ4n) is 3.68. The summed E-state index contributed by atoms with van der Waals surface area (Å²) in [5.41, 5.74) is 4.99. The highest BCUT2D eigenvalue weighted by Crippen LogP contribution is 2.31. The molecular weight excluding hydrogens is 272 g/mol. The Morgan fingerprint density at radius 2 is 1.77 bits per heavy atom. The number of rotatable bonds is 1. The van der Waals surface area contributed by atoms with Crippen LogP contribution in [0, 0.1) is 0 Å². The predicted molar refractivity (Wildman–Crippen MR) is 88.1 cm³/mol. The van der Waals surface area contributed by atoms with Gasteiger partial charge in [-0.3, -0.25) is 4.90 Å². The number of nitrogens with zero attached hydrogens (tertiary/aromatic N) is 1. The Kier molecular flexibility index (Phi) is 3.34. The Morgan fingerprint density at radius 1 is 1.00 bits per heavy atom. The van der Waals surface area contributed by atoms with Crippen molar-refractivity contribution in [2.75, 3.05) is 11.4 Å². The van der Waals surface area contributed by atoms with Crippen LogP contribution in [0.15, 0.2) is 48.5 Å². The Morgan fingerprint density at radius 3 is 2.68 bits per heavy atom. The lowest BCUT2D eigenvalue weighted by Gasteiger charge is -2.28. The molecule has 0 aromatic heterocycles. The SMILES string of the molecule is O=C(NC1CCCc2ccccc21)N1CCc2ccccc21. The van der Waals surface area contributed by atoms with Crippen LogP contribution in [0.3, 0.4) is 0 Å². The molecule has 112 valence electrons. The first-order valence-corrected chi connectivity index (χ1v) is 8.06. The van der Waals surface area contributed by atoms with Crippen LogP contribution in [0.4, 0.5) is 10.5 Å². The van der Waals surface area contributed by atoms with Crippen LogP contribution in [0.25, 0.3) is 0 Å². The average Bonchev–Trinajstić information content (AvgIpc) is 2.99. The molecule has 1 aliphatic heterocycles. The van der Waals surface area contributed by atoms with Gasteiger partial charge in [0.25, 0.3) is 0 Å². The highest BCUT2D eigenvalue weighted by Gasteiger charge is 2.27. The van der Waals surface area contributed by atoms with Gasteiger partial charge in [-0.15, -0.1) is 0 Å². The summed E-state index contributed by atoms with van der Waals surface area (Å²) in [5.74, 6) is 0. The van der Waals surface area contributed by atoms with E-state index in [2.05, 4.69) is 35.6 Å². The van der Waals surface area contributed by atoms with Crippen molar-refractivity contribution in [1.82, 2.24) is 5.32 Å². The van der Waals surface area contributed by atoms with Crippen LogP contribution < -0.4 is 10.2 Å². The summed E-state index contributed by atoms with van der Waals surface area (Å²) in [4.78, 5) is 14.6. The minimum absolute atomic E-state index is 0.0339. The fourth-order valence-corrected chi connectivity index (χ4v) is 3.68. The van der Waals surface area contributed by atoms with Crippen molar-refractivity contribution in [1.29, 1.82) is 0 Å². The molecule has 2 aromatic rings. The van der Waals surface area contributed by atoms with Crippen LogP contribution >= 0.6 is 0 Å². The lowest BCUT2D eigenvalue weighted by Crippen LogP contribution is -2.41. The second-order valence-electron chi connectivity index (χ2n) is 6.12. The summed E-state index contributed by atoms with van der Waals surface area (Å²) < 4.78 is 0. The van der Waals surface area contributed by atoms with Gasteiger partial charge >= 0.3 is 6.03 Å². The van der Waals surface area contributed by atoms with Gasteiger partial charge in [0, 0.05) is 12.2 Å². The van der Waals surface area contributed by atoms with Crippen molar-refractivity contribution < 1.29 is 4.79 Å². The van der Waals surface area contributed by atoms with Gasteiger partial charge in [0.2, 0.25) is 0 Å². The van der Waals surface area contributed by atoms with Gasteiger partial charge in [-0.2, -0.15) is 0 Å². The Hall–Kier alpha value is -2.29. The third-order valence-corrected chi connectivity index (χ3v) is 4.80. The lowest BCUT2D eigenvalue weighted by atomic mass is 9.88. The molecular formula is C19H20N2O. The summed E-state index contributed by atoms with van der Waals surface area (Å²) in [5, 5.41) is 3.24. The van der Waals surface area contributed by atoms with Crippen LogP contribution in [-0.2, 0) is 12.8 Å². The molecule has 1 unspecified atom stereocenters. The number of hydrogen-bond donors (Lipinski definition) is 1. The van der Waals surface area contributed by atoms with Crippen LogP contribution in [0.5, 0.6) is 0 Å². The standard InChI is InChI=1S/C19H20N2O/c22-19(21-13-12-15-7-2-4-11-18(15)21)20-17-10-5-8-14-6-1-3-9-16(14)17/h1-4,6-7,9,11,17H,5,8,10,12-13H2,(H,20,22). The number of urea groups is 1. The van der Waals surface area contributed by atoms with Crippen molar-refractivity contribution >= 4 is 11.7 Å². The van der Waals surface area contributed by atoms with Gasteiger partial charge in [0.05, 0.1) is 6.04 Å². The highest BCUT2D eigenvalue weighted by molar-refractivity contribution is 5.94. The number of benzene rings is 2. The lowest BCUT2D eigenvalue weighted by molar-refractivity contribution is 0.241. The summed E-state index contributed by atoms with van der Waals surface area (Å²) in [6, 6.07) is 16.8. The predicted octanol–water partition coefficient (Wildman–Crippen LogP) is 3.84. The largest absolute Gasteiger partial charge is 0.331 e. The molecule has 0 spiro atoms. The van der Waals surface area contributed by atoms with E-state index in [1.807, 2.05) is 23.1 Å². The molecule has 1 atom stereocenters. The number of carbonyl (C=O) groups excluding carboxylic acids is 1. The monoisotopic (exact) mass is 292 g/mol. The van der Waals surface area contributed by atoms with E-state index in [-0.39, 0.29) is 12.1 Å². The number of amides is 2. The second kappa shape index (κ2) is 5.48. The topological polar surface area (TPSA) is 32.3 Å². The van der Waals surface area contributed by atoms with Gasteiger partial charge in [-0.1, -0.05) is 42.5 Å². The number of anilines is 1. The van der Waals surface area contributed by atoms with Crippen LogP contribution in [0.2, 0.25) is 0 Å². The average molecular weight is 292 g/mol. The van der Waals surface area contributed by atoms with Gasteiger partial charge in [-0.25, -0.2) is 4.79 Å². The number of aryl methyl sites for hydroxylation is 1. The number of nitrogens with one attached hydrogen (secondary N) is 1. The van der Waals surface area contributed by atoms with E-state index >= 15 is 0 Å². The molecule has 1 N–H and O–H groups in total.